The molecule has 0 saturated carbocycles. The molecule has 172 valence electrons. The first-order valence-corrected chi connectivity index (χ1v) is 11.2. The molecule has 0 radical (unpaired) electrons. The highest BCUT2D eigenvalue weighted by Gasteiger charge is 2.31. The lowest BCUT2D eigenvalue weighted by Gasteiger charge is -2.25. The van der Waals surface area contributed by atoms with Crippen molar-refractivity contribution in [3.05, 3.63) is 65.7 Å². The zero-order valence-electron chi connectivity index (χ0n) is 18.1. The lowest BCUT2D eigenvalue weighted by Crippen LogP contribution is -2.30. The maximum atomic E-state index is 14.0. The van der Waals surface area contributed by atoms with Gasteiger partial charge in [0.1, 0.15) is 11.6 Å². The maximum absolute atomic E-state index is 14.0. The number of aryl methyl sites for hydroxylation is 1. The number of likely N-dealkylation sites (tertiary alicyclic amines) is 1. The molecule has 1 amide bonds. The van der Waals surface area contributed by atoms with E-state index in [1.165, 1.54) is 12.3 Å². The van der Waals surface area contributed by atoms with E-state index >= 15 is 0 Å². The van der Waals surface area contributed by atoms with Crippen LogP contribution in [0.15, 0.2) is 47.0 Å². The normalized spacial score (nSPS) is 17.8. The summed E-state index contributed by atoms with van der Waals surface area (Å²) in [5.41, 5.74) is 0.773. The van der Waals surface area contributed by atoms with Crippen LogP contribution in [0.3, 0.4) is 0 Å². The lowest BCUT2D eigenvalue weighted by molar-refractivity contribution is -0.132. The Bertz CT molecular complexity index is 1140. The smallest absolute Gasteiger partial charge is 0.223 e. The molecular weight excluding hydrogens is 430 g/mol. The Morgan fingerprint density at radius 1 is 1.06 bits per heavy atom. The number of amides is 1. The van der Waals surface area contributed by atoms with Gasteiger partial charge in [0.15, 0.2) is 23.1 Å². The molecule has 2 aliphatic rings. The molecule has 2 aliphatic heterocycles. The number of halogens is 2. The predicted molar refractivity (Wildman–Crippen MR) is 116 cm³/mol. The van der Waals surface area contributed by atoms with Crippen molar-refractivity contribution < 1.29 is 27.5 Å². The summed E-state index contributed by atoms with van der Waals surface area (Å²) < 4.78 is 45.0. The van der Waals surface area contributed by atoms with Crippen LogP contribution in [0.5, 0.6) is 11.5 Å². The SMILES string of the molecule is O=C(CCc1ncc(-c2c(F)cccc2F)o1)N1CCCC1c1ccc2c(c1)OCCCO2. The first-order valence-electron chi connectivity index (χ1n) is 11.2. The van der Waals surface area contributed by atoms with Crippen LogP contribution < -0.4 is 9.47 Å². The van der Waals surface area contributed by atoms with Crippen LogP contribution in [0, 0.1) is 11.6 Å². The highest BCUT2D eigenvalue weighted by atomic mass is 19.1. The topological polar surface area (TPSA) is 64.8 Å². The number of fused-ring (bicyclic) bond motifs is 1. The van der Waals surface area contributed by atoms with E-state index in [0.717, 1.165) is 48.5 Å². The molecule has 1 fully saturated rings. The van der Waals surface area contributed by atoms with E-state index in [4.69, 9.17) is 13.9 Å². The standard InChI is InChI=1S/C25H24F2N2O4/c26-17-4-1-5-18(27)25(17)22-15-28-23(33-22)9-10-24(30)29-11-2-6-19(29)16-7-8-20-21(14-16)32-13-3-12-31-20/h1,4-5,7-8,14-15,19H,2-3,6,9-13H2. The third-order valence-electron chi connectivity index (χ3n) is 6.04. The fourth-order valence-electron chi connectivity index (χ4n) is 4.43. The first-order chi connectivity index (χ1) is 16.1. The molecule has 33 heavy (non-hydrogen) atoms. The Hall–Kier alpha value is -3.42. The van der Waals surface area contributed by atoms with E-state index in [-0.39, 0.29) is 42.0 Å². The van der Waals surface area contributed by atoms with E-state index in [1.807, 2.05) is 23.1 Å². The molecule has 0 N–H and O–H groups in total. The monoisotopic (exact) mass is 454 g/mol. The zero-order chi connectivity index (χ0) is 22.8. The molecule has 1 atom stereocenters. The molecule has 2 aromatic carbocycles. The van der Waals surface area contributed by atoms with Gasteiger partial charge in [-0.25, -0.2) is 13.8 Å². The van der Waals surface area contributed by atoms with Gasteiger partial charge < -0.3 is 18.8 Å². The minimum atomic E-state index is -0.719. The zero-order valence-corrected chi connectivity index (χ0v) is 18.1. The second kappa shape index (κ2) is 9.21. The van der Waals surface area contributed by atoms with Gasteiger partial charge in [-0.2, -0.15) is 0 Å². The van der Waals surface area contributed by atoms with Gasteiger partial charge in [0, 0.05) is 25.8 Å². The average Bonchev–Trinajstić information content (AvgIpc) is 3.42. The molecule has 3 aromatic rings. The Labute approximate surface area is 190 Å². The first kappa shape index (κ1) is 21.4. The van der Waals surface area contributed by atoms with Gasteiger partial charge in [-0.05, 0) is 42.7 Å². The summed E-state index contributed by atoms with van der Waals surface area (Å²) in [5.74, 6) is 0.288. The summed E-state index contributed by atoms with van der Waals surface area (Å²) in [6.07, 6.45) is 4.36. The number of hydrogen-bond donors (Lipinski definition) is 0. The summed E-state index contributed by atoms with van der Waals surface area (Å²) in [6.45, 7) is 1.92. The summed E-state index contributed by atoms with van der Waals surface area (Å²) in [6, 6.07) is 9.47. The van der Waals surface area contributed by atoms with Crippen molar-refractivity contribution in [2.45, 2.75) is 38.1 Å². The van der Waals surface area contributed by atoms with Crippen molar-refractivity contribution in [2.24, 2.45) is 0 Å². The second-order valence-corrected chi connectivity index (χ2v) is 8.22. The number of rotatable bonds is 5. The van der Waals surface area contributed by atoms with Crippen molar-refractivity contribution in [2.75, 3.05) is 19.8 Å². The molecule has 1 unspecified atom stereocenters. The summed E-state index contributed by atoms with van der Waals surface area (Å²) in [7, 11) is 0. The highest BCUT2D eigenvalue weighted by molar-refractivity contribution is 5.77. The van der Waals surface area contributed by atoms with E-state index in [0.29, 0.717) is 19.8 Å². The van der Waals surface area contributed by atoms with Gasteiger partial charge in [0.2, 0.25) is 5.91 Å². The molecule has 0 spiro atoms. The number of carbonyl (C=O) groups is 1. The van der Waals surface area contributed by atoms with Crippen LogP contribution in [0.25, 0.3) is 11.3 Å². The number of nitrogens with zero attached hydrogens (tertiary/aromatic N) is 2. The third kappa shape index (κ3) is 4.42. The van der Waals surface area contributed by atoms with Gasteiger partial charge >= 0.3 is 0 Å². The van der Waals surface area contributed by atoms with Crippen molar-refractivity contribution in [3.63, 3.8) is 0 Å². The summed E-state index contributed by atoms with van der Waals surface area (Å²) in [5, 5.41) is 0. The molecular formula is C25H24F2N2O4. The minimum Gasteiger partial charge on any atom is -0.490 e. The van der Waals surface area contributed by atoms with Crippen molar-refractivity contribution >= 4 is 5.91 Å². The van der Waals surface area contributed by atoms with E-state index in [9.17, 15) is 13.6 Å². The van der Waals surface area contributed by atoms with Gasteiger partial charge in [-0.1, -0.05) is 12.1 Å². The van der Waals surface area contributed by atoms with Crippen LogP contribution in [-0.4, -0.2) is 35.5 Å². The Kier molecular flexibility index (Phi) is 5.98. The van der Waals surface area contributed by atoms with Crippen LogP contribution >= 0.6 is 0 Å². The fourth-order valence-corrected chi connectivity index (χ4v) is 4.43. The number of ether oxygens (including phenoxy) is 2. The quantitative estimate of drug-likeness (QED) is 0.538. The molecule has 3 heterocycles. The molecule has 0 aliphatic carbocycles. The third-order valence-corrected chi connectivity index (χ3v) is 6.04. The van der Waals surface area contributed by atoms with Crippen molar-refractivity contribution in [1.82, 2.24) is 9.88 Å². The molecule has 1 saturated heterocycles. The van der Waals surface area contributed by atoms with E-state index < -0.39 is 11.6 Å². The van der Waals surface area contributed by atoms with Crippen molar-refractivity contribution in [3.8, 4) is 22.8 Å². The van der Waals surface area contributed by atoms with Crippen LogP contribution in [0.2, 0.25) is 0 Å². The predicted octanol–water partition coefficient (Wildman–Crippen LogP) is 5.08. The lowest BCUT2D eigenvalue weighted by atomic mass is 10.0. The van der Waals surface area contributed by atoms with Gasteiger partial charge in [-0.15, -0.1) is 0 Å². The number of benzene rings is 2. The summed E-state index contributed by atoms with van der Waals surface area (Å²) >= 11 is 0. The number of aromatic nitrogens is 1. The van der Waals surface area contributed by atoms with Gasteiger partial charge in [0.25, 0.3) is 0 Å². The van der Waals surface area contributed by atoms with Crippen molar-refractivity contribution in [1.29, 1.82) is 0 Å². The highest BCUT2D eigenvalue weighted by Crippen LogP contribution is 2.38. The van der Waals surface area contributed by atoms with Crippen LogP contribution in [0.4, 0.5) is 8.78 Å². The van der Waals surface area contributed by atoms with Gasteiger partial charge in [-0.3, -0.25) is 4.79 Å². The Morgan fingerprint density at radius 2 is 1.85 bits per heavy atom. The Morgan fingerprint density at radius 3 is 2.67 bits per heavy atom. The number of carbonyl (C=O) groups excluding carboxylic acids is 1. The fraction of sp³-hybridized carbons (Fsp3) is 0.360. The van der Waals surface area contributed by atoms with Crippen LogP contribution in [-0.2, 0) is 11.2 Å². The van der Waals surface area contributed by atoms with E-state index in [2.05, 4.69) is 4.98 Å². The molecule has 6 nitrogen and oxygen atoms in total. The Balaban J connectivity index is 1.26. The minimum absolute atomic E-state index is 0.0126. The molecule has 1 aromatic heterocycles. The second-order valence-electron chi connectivity index (χ2n) is 8.22. The van der Waals surface area contributed by atoms with E-state index in [1.54, 1.807) is 0 Å². The molecule has 5 rings (SSSR count). The number of oxazole rings is 1. The molecule has 0 bridgehead atoms. The number of hydrogen-bond acceptors (Lipinski definition) is 5. The largest absolute Gasteiger partial charge is 0.490 e. The summed E-state index contributed by atoms with van der Waals surface area (Å²) in [4.78, 5) is 19.0. The maximum Gasteiger partial charge on any atom is 0.223 e. The average molecular weight is 454 g/mol. The van der Waals surface area contributed by atoms with Gasteiger partial charge in [0.05, 0.1) is 31.0 Å². The molecule has 8 heteroatoms. The van der Waals surface area contributed by atoms with Crippen LogP contribution in [0.1, 0.15) is 43.2 Å².